The summed E-state index contributed by atoms with van der Waals surface area (Å²) in [5, 5.41) is 19.2. The molecule has 6 aliphatic rings. The predicted molar refractivity (Wildman–Crippen MR) is 577 cm³/mol. The SMILES string of the molecule is CC(C)[C@@H](C)NC(=O)c1ccc(COc2cccc(F)c2)nc1.CC(NC(=O)c1ccc(COc2ccccc2)nc1)C1CCCCC1.C[C@@H](NC(=O)c1ccc(COc2cccc(Cl)c2)nc1)C1CCCCC1.C[C@@H](NC(=O)c1ccc(COc2cccc(F)c2)nc1)C1CCCCC1.C[C@@H](NC(=O)c1ccc(COc2ccccc2F)nc1)C1CCCCC1.O=C(NC1CC2CCC1C2)c1ccc(COc2ccccc2)nc1. The van der Waals surface area contributed by atoms with Gasteiger partial charge in [0.15, 0.2) is 11.6 Å². The first-order valence-electron chi connectivity index (χ1n) is 53.2. The van der Waals surface area contributed by atoms with Crippen molar-refractivity contribution in [2.75, 3.05) is 0 Å². The van der Waals surface area contributed by atoms with Gasteiger partial charge in [0.05, 0.1) is 67.5 Å². The zero-order valence-electron chi connectivity index (χ0n) is 87.2. The van der Waals surface area contributed by atoms with Crippen LogP contribution in [0.3, 0.4) is 0 Å². The smallest absolute Gasteiger partial charge is 0.253 e. The number of aromatic nitrogens is 6. The molecular formula is C122H144ClF3N12O12. The summed E-state index contributed by atoms with van der Waals surface area (Å²) >= 11 is 5.94. The van der Waals surface area contributed by atoms with Crippen LogP contribution < -0.4 is 60.3 Å². The van der Waals surface area contributed by atoms with Crippen LogP contribution in [0.5, 0.6) is 34.5 Å². The summed E-state index contributed by atoms with van der Waals surface area (Å²) in [5.41, 5.74) is 7.78. The van der Waals surface area contributed by atoms with E-state index < -0.39 is 5.82 Å². The predicted octanol–water partition coefficient (Wildman–Crippen LogP) is 25.5. The number of carbonyl (C=O) groups excluding carboxylic acids is 6. The van der Waals surface area contributed by atoms with Gasteiger partial charge in [0.1, 0.15) is 80.0 Å². The van der Waals surface area contributed by atoms with Crippen LogP contribution in [0.2, 0.25) is 5.02 Å². The summed E-state index contributed by atoms with van der Waals surface area (Å²) in [5.74, 6) is 6.10. The fourth-order valence-corrected chi connectivity index (χ4v) is 19.5. The number of benzene rings is 6. The first-order chi connectivity index (χ1) is 72.8. The number of para-hydroxylation sites is 3. The summed E-state index contributed by atoms with van der Waals surface area (Å²) in [6.45, 7) is 16.2. The molecule has 4 unspecified atom stereocenters. The van der Waals surface area contributed by atoms with Gasteiger partial charge >= 0.3 is 0 Å². The van der Waals surface area contributed by atoms with Crippen molar-refractivity contribution in [3.63, 3.8) is 0 Å². The number of fused-ring (bicyclic) bond motifs is 2. The maximum absolute atomic E-state index is 13.5. The third-order valence-corrected chi connectivity index (χ3v) is 29.1. The van der Waals surface area contributed by atoms with E-state index in [0.717, 1.165) is 40.9 Å². The molecule has 2 bridgehead atoms. The van der Waals surface area contributed by atoms with E-state index in [-0.39, 0.29) is 103 Å². The van der Waals surface area contributed by atoms with Crippen LogP contribution in [-0.4, -0.2) is 102 Å². The van der Waals surface area contributed by atoms with Crippen LogP contribution in [0.1, 0.15) is 299 Å². The van der Waals surface area contributed by atoms with Crippen molar-refractivity contribution in [3.8, 4) is 34.5 Å². The Kier molecular flexibility index (Phi) is 45.2. The maximum atomic E-state index is 13.5. The minimum atomic E-state index is -0.403. The van der Waals surface area contributed by atoms with E-state index in [2.05, 4.69) is 103 Å². The van der Waals surface area contributed by atoms with E-state index in [4.69, 9.17) is 40.0 Å². The summed E-state index contributed by atoms with van der Waals surface area (Å²) < 4.78 is 73.2. The molecule has 24 nitrogen and oxygen atoms in total. The lowest BCUT2D eigenvalue weighted by Gasteiger charge is -2.28. The fraction of sp³-hybridized carbons (Fsp3) is 0.410. The number of nitrogens with one attached hydrogen (secondary N) is 6. The molecule has 792 valence electrons. The topological polar surface area (TPSA) is 307 Å². The van der Waals surface area contributed by atoms with E-state index >= 15 is 0 Å². The number of pyridine rings is 6. The summed E-state index contributed by atoms with van der Waals surface area (Å²) in [6.07, 6.45) is 39.5. The molecule has 6 aromatic heterocycles. The van der Waals surface area contributed by atoms with Crippen molar-refractivity contribution < 1.29 is 70.4 Å². The van der Waals surface area contributed by atoms with Gasteiger partial charge in [-0.2, -0.15) is 0 Å². The minimum Gasteiger partial charge on any atom is -0.487 e. The van der Waals surface area contributed by atoms with Gasteiger partial charge < -0.3 is 60.3 Å². The lowest BCUT2D eigenvalue weighted by Crippen LogP contribution is -2.38. The van der Waals surface area contributed by atoms with Gasteiger partial charge in [0.2, 0.25) is 0 Å². The highest BCUT2D eigenvalue weighted by Gasteiger charge is 2.40. The number of amides is 6. The first-order valence-corrected chi connectivity index (χ1v) is 53.6. The van der Waals surface area contributed by atoms with Crippen molar-refractivity contribution in [3.05, 3.63) is 358 Å². The van der Waals surface area contributed by atoms with Crippen LogP contribution in [0.15, 0.2) is 268 Å². The third-order valence-electron chi connectivity index (χ3n) is 28.8. The molecule has 0 radical (unpaired) electrons. The second-order valence-corrected chi connectivity index (χ2v) is 40.7. The number of ether oxygens (including phenoxy) is 6. The lowest BCUT2D eigenvalue weighted by molar-refractivity contribution is 0.0910. The molecule has 0 spiro atoms. The fourth-order valence-electron chi connectivity index (χ4n) is 19.4. The van der Waals surface area contributed by atoms with Gasteiger partial charge in [0.25, 0.3) is 35.4 Å². The second kappa shape index (κ2) is 59.9. The normalized spacial score (nSPS) is 16.9. The van der Waals surface area contributed by atoms with Crippen LogP contribution in [-0.2, 0) is 39.6 Å². The average Bonchev–Trinajstić information content (AvgIpc) is 1.67. The molecule has 6 saturated carbocycles. The van der Waals surface area contributed by atoms with Gasteiger partial charge in [-0.15, -0.1) is 0 Å². The lowest BCUT2D eigenvalue weighted by atomic mass is 9.84. The van der Waals surface area contributed by atoms with Gasteiger partial charge in [-0.3, -0.25) is 58.7 Å². The number of carbonyl (C=O) groups is 6. The van der Waals surface area contributed by atoms with E-state index in [1.54, 1.807) is 128 Å². The largest absolute Gasteiger partial charge is 0.487 e. The Morgan fingerprint density at radius 3 is 0.887 bits per heavy atom. The number of hydrogen-bond donors (Lipinski definition) is 6. The van der Waals surface area contributed by atoms with E-state index in [1.165, 1.54) is 184 Å². The Morgan fingerprint density at radius 1 is 0.300 bits per heavy atom. The van der Waals surface area contributed by atoms with E-state index in [0.29, 0.717) is 134 Å². The van der Waals surface area contributed by atoms with Crippen molar-refractivity contribution >= 4 is 47.0 Å². The maximum Gasteiger partial charge on any atom is 0.253 e. The molecular weight excluding hydrogens is 1920 g/mol. The monoisotopic (exact) mass is 2060 g/mol. The quantitative estimate of drug-likeness (QED) is 0.0215. The molecule has 18 rings (SSSR count). The van der Waals surface area contributed by atoms with Crippen LogP contribution in [0.4, 0.5) is 13.2 Å². The molecule has 6 amide bonds. The third kappa shape index (κ3) is 37.9. The number of rotatable bonds is 35. The first kappa shape index (κ1) is 113. The minimum absolute atomic E-state index is 0.00409. The average molecular weight is 2060 g/mol. The zero-order valence-corrected chi connectivity index (χ0v) is 88.0. The van der Waals surface area contributed by atoms with Crippen molar-refractivity contribution in [1.29, 1.82) is 0 Å². The van der Waals surface area contributed by atoms with Crippen LogP contribution >= 0.6 is 11.6 Å². The second-order valence-electron chi connectivity index (χ2n) is 40.3. The van der Waals surface area contributed by atoms with Crippen LogP contribution in [0, 0.1) is 58.9 Å². The van der Waals surface area contributed by atoms with Crippen molar-refractivity contribution in [2.24, 2.45) is 41.4 Å². The zero-order chi connectivity index (χ0) is 106. The Morgan fingerprint density at radius 2 is 0.593 bits per heavy atom. The summed E-state index contributed by atoms with van der Waals surface area (Å²) in [6, 6.07) is 67.3. The summed E-state index contributed by atoms with van der Waals surface area (Å²) in [7, 11) is 0. The molecule has 28 heteroatoms. The molecule has 6 aromatic carbocycles. The van der Waals surface area contributed by atoms with Gasteiger partial charge in [-0.05, 0) is 298 Å². The molecule has 6 heterocycles. The van der Waals surface area contributed by atoms with E-state index in [1.807, 2.05) is 110 Å². The Hall–Kier alpha value is -14.1. The standard InChI is InChI=1S/C21H25ClN2O2.2C21H25FN2O2.C21H26N2O2.C20H22N2O2.C18H21FN2O2/c1-15(16-6-3-2-4-7-16)24-21(25)17-10-11-19(23-13-17)14-26-20-9-5-8-18(22)12-20;1-15(16-7-3-2-4-8-16)24-21(25)17-11-12-18(23-13-17)14-26-20-10-6-5-9-19(20)22;1-15(16-6-3-2-4-7-16)24-21(25)17-10-11-19(23-13-17)14-26-20-9-5-8-18(22)12-20;1-16(17-8-4-2-5-9-17)23-21(24)18-12-13-19(22-14-18)15-25-20-10-6-3-7-11-20;23-20(22-19-11-14-6-7-15(19)10-14)16-8-9-17(21-12-16)13-24-18-4-2-1-3-5-18;1-12(2)13(3)21-18(22)14-7-8-16(20-10-14)11-23-17-6-4-5-15(19)9-17/h5,8-13,15-16H,2-4,6-7,14H2,1H3,(H,24,25);5-6,9-13,15-16H,2-4,7-8,14H2,1H3,(H,24,25);5,8-13,15-16H,2-4,6-7,14H2,1H3,(H,24,25);3,6-7,10-14,16-17H,2,4-5,8-9,15H2,1H3,(H,23,24);1-5,8-9,12,14-15,19H,6-7,10-11,13H2,(H,22,23);4-10,12-13H,11H2,1-3H3,(H,21,22)/t3*15-;;;13-/m111..1/s1. The van der Waals surface area contributed by atoms with Crippen LogP contribution in [0.25, 0.3) is 0 Å². The summed E-state index contributed by atoms with van der Waals surface area (Å²) in [4.78, 5) is 99.9. The van der Waals surface area contributed by atoms with Gasteiger partial charge in [-0.1, -0.05) is 176 Å². The number of halogens is 4. The highest BCUT2D eigenvalue weighted by Crippen LogP contribution is 2.45. The molecule has 150 heavy (non-hydrogen) atoms. The Bertz CT molecular complexity index is 6000. The number of hydrogen-bond acceptors (Lipinski definition) is 18. The molecule has 0 aliphatic heterocycles. The Labute approximate surface area is 886 Å². The van der Waals surface area contributed by atoms with Gasteiger partial charge in [-0.25, -0.2) is 13.2 Å². The number of nitrogens with zero attached hydrogens (tertiary/aromatic N) is 6. The van der Waals surface area contributed by atoms with Crippen molar-refractivity contribution in [1.82, 2.24) is 61.8 Å². The van der Waals surface area contributed by atoms with Crippen molar-refractivity contribution in [2.45, 2.75) is 278 Å². The van der Waals surface area contributed by atoms with E-state index in [9.17, 15) is 41.9 Å². The highest BCUT2D eigenvalue weighted by molar-refractivity contribution is 6.30. The molecule has 6 fully saturated rings. The van der Waals surface area contributed by atoms with Gasteiger partial charge in [0, 0.05) is 90.6 Å². The highest BCUT2D eigenvalue weighted by atomic mass is 35.5. The molecule has 12 aromatic rings. The molecule has 0 saturated heterocycles. The molecule has 6 aliphatic carbocycles. The molecule has 6 N–H and O–H groups in total. The Balaban J connectivity index is 0.000000150. The molecule has 8 atom stereocenters.